The van der Waals surface area contributed by atoms with Gasteiger partial charge in [0.15, 0.2) is 5.16 Å². The molecule has 8 nitrogen and oxygen atoms in total. The molecule has 1 N–H and O–H groups in total. The first-order valence-electron chi connectivity index (χ1n) is 9.00. The molecule has 0 saturated heterocycles. The van der Waals surface area contributed by atoms with Crippen LogP contribution in [0.3, 0.4) is 0 Å². The van der Waals surface area contributed by atoms with E-state index in [9.17, 15) is 13.2 Å². The minimum Gasteiger partial charge on any atom is -0.325 e. The van der Waals surface area contributed by atoms with E-state index in [2.05, 4.69) is 15.5 Å². The molecule has 0 fully saturated rings. The number of hydrogen-bond acceptors (Lipinski definition) is 7. The molecule has 0 aliphatic rings. The summed E-state index contributed by atoms with van der Waals surface area (Å²) in [5.41, 5.74) is 1.42. The van der Waals surface area contributed by atoms with E-state index in [1.54, 1.807) is 30.4 Å². The van der Waals surface area contributed by atoms with Gasteiger partial charge in [0.1, 0.15) is 0 Å². The van der Waals surface area contributed by atoms with Crippen LogP contribution in [0, 0.1) is 0 Å². The fourth-order valence-electron chi connectivity index (χ4n) is 2.83. The molecule has 2 heterocycles. The van der Waals surface area contributed by atoms with Crippen molar-refractivity contribution in [1.82, 2.24) is 18.9 Å². The number of thiazole rings is 1. The zero-order chi connectivity index (χ0) is 21.5. The summed E-state index contributed by atoms with van der Waals surface area (Å²) in [6, 6.07) is 14.1. The molecule has 1 amide bonds. The van der Waals surface area contributed by atoms with Gasteiger partial charge in [0.05, 0.1) is 20.4 Å². The van der Waals surface area contributed by atoms with Crippen LogP contribution >= 0.6 is 23.1 Å². The van der Waals surface area contributed by atoms with Crippen molar-refractivity contribution < 1.29 is 13.2 Å². The largest absolute Gasteiger partial charge is 0.325 e. The van der Waals surface area contributed by atoms with E-state index in [4.69, 9.17) is 0 Å². The molecule has 4 rings (SSSR count). The van der Waals surface area contributed by atoms with Crippen molar-refractivity contribution in [3.63, 3.8) is 0 Å². The van der Waals surface area contributed by atoms with Crippen LogP contribution in [-0.4, -0.2) is 52.6 Å². The zero-order valence-electron chi connectivity index (χ0n) is 16.4. The molecule has 156 valence electrons. The Morgan fingerprint density at radius 2 is 1.93 bits per heavy atom. The third-order valence-electron chi connectivity index (χ3n) is 4.44. The lowest BCUT2D eigenvalue weighted by atomic mass is 10.3. The molecule has 0 spiro atoms. The van der Waals surface area contributed by atoms with Crippen molar-refractivity contribution in [3.05, 3.63) is 48.5 Å². The van der Waals surface area contributed by atoms with Crippen molar-refractivity contribution in [2.24, 2.45) is 0 Å². The molecule has 0 saturated carbocycles. The maximum absolute atomic E-state index is 12.7. The van der Waals surface area contributed by atoms with Gasteiger partial charge in [0.25, 0.3) is 0 Å². The number of anilines is 1. The molecule has 0 unspecified atom stereocenters. The van der Waals surface area contributed by atoms with Gasteiger partial charge < -0.3 is 5.32 Å². The maximum Gasteiger partial charge on any atom is 0.242 e. The first kappa shape index (κ1) is 20.8. The number of rotatable bonds is 6. The number of amides is 1. The highest BCUT2D eigenvalue weighted by Gasteiger charge is 2.21. The second-order valence-corrected chi connectivity index (χ2v) is 11.2. The number of hydrogen-bond donors (Lipinski definition) is 1. The first-order valence-corrected chi connectivity index (χ1v) is 12.1. The van der Waals surface area contributed by atoms with Gasteiger partial charge in [-0.05, 0) is 37.3 Å². The SMILES string of the molecule is C[C@@H](Sc1nnc2sc3ccccc3n12)C(=O)Nc1cccc(S(=O)(=O)N(C)C)c1. The number of benzene rings is 2. The van der Waals surface area contributed by atoms with Crippen LogP contribution in [-0.2, 0) is 14.8 Å². The molecule has 4 aromatic rings. The van der Waals surface area contributed by atoms with Gasteiger partial charge in [-0.1, -0.05) is 41.3 Å². The Morgan fingerprint density at radius 1 is 1.17 bits per heavy atom. The van der Waals surface area contributed by atoms with E-state index in [-0.39, 0.29) is 10.8 Å². The van der Waals surface area contributed by atoms with Crippen LogP contribution in [0.4, 0.5) is 5.69 Å². The Balaban J connectivity index is 1.53. The van der Waals surface area contributed by atoms with E-state index in [1.165, 1.54) is 38.0 Å². The fourth-order valence-corrected chi connectivity index (χ4v) is 5.66. The average Bonchev–Trinajstić information content (AvgIpc) is 3.27. The quantitative estimate of drug-likeness (QED) is 0.443. The van der Waals surface area contributed by atoms with Crippen molar-refractivity contribution in [3.8, 4) is 0 Å². The molecule has 0 aliphatic carbocycles. The minimum atomic E-state index is -3.58. The van der Waals surface area contributed by atoms with Gasteiger partial charge in [0.2, 0.25) is 20.9 Å². The lowest BCUT2D eigenvalue weighted by molar-refractivity contribution is -0.115. The molecule has 1 atom stereocenters. The average molecular weight is 462 g/mol. The molecule has 2 aromatic heterocycles. The summed E-state index contributed by atoms with van der Waals surface area (Å²) in [4.78, 5) is 13.6. The number of fused-ring (bicyclic) bond motifs is 3. The van der Waals surface area contributed by atoms with Gasteiger partial charge in [-0.2, -0.15) is 0 Å². The summed E-state index contributed by atoms with van der Waals surface area (Å²) < 4.78 is 28.8. The monoisotopic (exact) mass is 461 g/mol. The molecule has 0 aliphatic heterocycles. The maximum atomic E-state index is 12.7. The van der Waals surface area contributed by atoms with Crippen LogP contribution in [0.1, 0.15) is 6.92 Å². The fraction of sp³-hybridized carbons (Fsp3) is 0.211. The van der Waals surface area contributed by atoms with E-state index >= 15 is 0 Å². The highest BCUT2D eigenvalue weighted by Crippen LogP contribution is 2.31. The smallest absolute Gasteiger partial charge is 0.242 e. The number of carbonyl (C=O) groups is 1. The highest BCUT2D eigenvalue weighted by molar-refractivity contribution is 8.00. The topological polar surface area (TPSA) is 96.7 Å². The number of nitrogens with one attached hydrogen (secondary N) is 1. The molecule has 11 heteroatoms. The normalized spacial score (nSPS) is 13.2. The summed E-state index contributed by atoms with van der Waals surface area (Å²) >= 11 is 2.84. The first-order chi connectivity index (χ1) is 14.3. The van der Waals surface area contributed by atoms with E-state index in [0.29, 0.717) is 10.8 Å². The van der Waals surface area contributed by atoms with Gasteiger partial charge in [0, 0.05) is 19.8 Å². The lowest BCUT2D eigenvalue weighted by Crippen LogP contribution is -2.24. The number of thioether (sulfide) groups is 1. The predicted molar refractivity (Wildman–Crippen MR) is 120 cm³/mol. The third kappa shape index (κ3) is 3.81. The Hall–Kier alpha value is -2.47. The second-order valence-electron chi connectivity index (χ2n) is 6.73. The Kier molecular flexibility index (Phi) is 5.53. The van der Waals surface area contributed by atoms with Crippen LogP contribution in [0.25, 0.3) is 15.2 Å². The summed E-state index contributed by atoms with van der Waals surface area (Å²) in [7, 11) is -0.649. The summed E-state index contributed by atoms with van der Waals surface area (Å²) in [6.45, 7) is 1.77. The minimum absolute atomic E-state index is 0.120. The van der Waals surface area contributed by atoms with Crippen LogP contribution in [0.5, 0.6) is 0 Å². The predicted octanol–water partition coefficient (Wildman–Crippen LogP) is 3.31. The number of sulfonamides is 1. The third-order valence-corrected chi connectivity index (χ3v) is 8.31. The Morgan fingerprint density at radius 3 is 2.70 bits per heavy atom. The molecule has 30 heavy (non-hydrogen) atoms. The molecule has 2 aromatic carbocycles. The Labute approximate surface area is 182 Å². The molecule has 0 bridgehead atoms. The van der Waals surface area contributed by atoms with Crippen molar-refractivity contribution >= 4 is 59.9 Å². The number of aromatic nitrogens is 3. The number of para-hydroxylation sites is 1. The lowest BCUT2D eigenvalue weighted by Gasteiger charge is -2.14. The Bertz CT molecular complexity index is 1340. The summed E-state index contributed by atoms with van der Waals surface area (Å²) in [6.07, 6.45) is 0. The second kappa shape index (κ2) is 7.99. The van der Waals surface area contributed by atoms with Crippen molar-refractivity contribution in [2.75, 3.05) is 19.4 Å². The molecular formula is C19H19N5O3S3. The van der Waals surface area contributed by atoms with E-state index in [0.717, 1.165) is 19.5 Å². The summed E-state index contributed by atoms with van der Waals surface area (Å²) in [5, 5.41) is 11.4. The van der Waals surface area contributed by atoms with Gasteiger partial charge in [-0.25, -0.2) is 12.7 Å². The van der Waals surface area contributed by atoms with Crippen LogP contribution < -0.4 is 5.32 Å². The molecular weight excluding hydrogens is 442 g/mol. The van der Waals surface area contributed by atoms with Crippen molar-refractivity contribution in [2.45, 2.75) is 22.2 Å². The van der Waals surface area contributed by atoms with Gasteiger partial charge in [-0.3, -0.25) is 9.20 Å². The van der Waals surface area contributed by atoms with Crippen molar-refractivity contribution in [1.29, 1.82) is 0 Å². The standard InChI is InChI=1S/C19H19N5O3S3/c1-12(17(25)20-13-7-6-8-14(11-13)30(26,27)23(2)3)28-18-21-22-19-24(18)15-9-4-5-10-16(15)29-19/h4-12H,1-3H3,(H,20,25)/t12-/m1/s1. The number of carbonyl (C=O) groups excluding carboxylic acids is 1. The van der Waals surface area contributed by atoms with Gasteiger partial charge >= 0.3 is 0 Å². The van der Waals surface area contributed by atoms with E-state index < -0.39 is 15.3 Å². The van der Waals surface area contributed by atoms with Crippen LogP contribution in [0.2, 0.25) is 0 Å². The highest BCUT2D eigenvalue weighted by atomic mass is 32.2. The van der Waals surface area contributed by atoms with Crippen LogP contribution in [0.15, 0.2) is 58.6 Å². The summed E-state index contributed by atoms with van der Waals surface area (Å²) in [5.74, 6) is -0.254. The molecule has 0 radical (unpaired) electrons. The van der Waals surface area contributed by atoms with E-state index in [1.807, 2.05) is 28.7 Å². The van der Waals surface area contributed by atoms with Gasteiger partial charge in [-0.15, -0.1) is 10.2 Å². The zero-order valence-corrected chi connectivity index (χ0v) is 18.9. The number of nitrogens with zero attached hydrogens (tertiary/aromatic N) is 4.